The lowest BCUT2D eigenvalue weighted by atomic mass is 10.3. The molecule has 52 valence electrons. The molecule has 1 rings (SSSR count). The number of aliphatic hydroxyl groups is 1. The highest BCUT2D eigenvalue weighted by molar-refractivity contribution is 5.83. The van der Waals surface area contributed by atoms with Gasteiger partial charge in [0.05, 0.1) is 6.04 Å². The molecule has 1 heterocycles. The molecule has 0 bridgehead atoms. The van der Waals surface area contributed by atoms with Crippen molar-refractivity contribution in [1.29, 1.82) is 0 Å². The highest BCUT2D eigenvalue weighted by Gasteiger charge is 2.32. The van der Waals surface area contributed by atoms with Crippen LogP contribution in [0.3, 0.4) is 0 Å². The van der Waals surface area contributed by atoms with Crippen LogP contribution in [0, 0.1) is 0 Å². The van der Waals surface area contributed by atoms with Gasteiger partial charge in [-0.25, -0.2) is 0 Å². The summed E-state index contributed by atoms with van der Waals surface area (Å²) in [6.45, 7) is 0. The standard InChI is InChI=1S/C5H10N2O2/c1-7-4(8)2-3(6)5(7)9/h3-4,8H,2,6H2,1H3. The van der Waals surface area contributed by atoms with E-state index in [9.17, 15) is 4.79 Å². The van der Waals surface area contributed by atoms with Crippen LogP contribution in [0.5, 0.6) is 0 Å². The van der Waals surface area contributed by atoms with Gasteiger partial charge >= 0.3 is 0 Å². The molecule has 1 aliphatic rings. The summed E-state index contributed by atoms with van der Waals surface area (Å²) < 4.78 is 0. The molecule has 0 aliphatic carbocycles. The second-order valence-electron chi connectivity index (χ2n) is 2.27. The summed E-state index contributed by atoms with van der Waals surface area (Å²) in [4.78, 5) is 12.0. The Morgan fingerprint density at radius 1 is 1.89 bits per heavy atom. The van der Waals surface area contributed by atoms with Crippen LogP contribution in [-0.4, -0.2) is 35.2 Å². The average molecular weight is 130 g/mol. The summed E-state index contributed by atoms with van der Waals surface area (Å²) >= 11 is 0. The van der Waals surface area contributed by atoms with Gasteiger partial charge in [-0.3, -0.25) is 4.79 Å². The van der Waals surface area contributed by atoms with Crippen molar-refractivity contribution in [3.63, 3.8) is 0 Å². The molecule has 9 heavy (non-hydrogen) atoms. The zero-order chi connectivity index (χ0) is 7.02. The number of amides is 1. The number of carbonyl (C=O) groups excluding carboxylic acids is 1. The van der Waals surface area contributed by atoms with Crippen LogP contribution in [0.2, 0.25) is 0 Å². The third-order valence-corrected chi connectivity index (χ3v) is 1.58. The van der Waals surface area contributed by atoms with Gasteiger partial charge in [0, 0.05) is 13.5 Å². The third-order valence-electron chi connectivity index (χ3n) is 1.58. The highest BCUT2D eigenvalue weighted by atomic mass is 16.3. The average Bonchev–Trinajstić information content (AvgIpc) is 1.98. The van der Waals surface area contributed by atoms with Gasteiger partial charge in [0.1, 0.15) is 6.23 Å². The second kappa shape index (κ2) is 1.97. The van der Waals surface area contributed by atoms with E-state index in [0.29, 0.717) is 6.42 Å². The largest absolute Gasteiger partial charge is 0.373 e. The topological polar surface area (TPSA) is 66.6 Å². The predicted molar refractivity (Wildman–Crippen MR) is 31.4 cm³/mol. The number of hydrogen-bond acceptors (Lipinski definition) is 3. The van der Waals surface area contributed by atoms with E-state index < -0.39 is 12.3 Å². The molecule has 1 aliphatic heterocycles. The smallest absolute Gasteiger partial charge is 0.241 e. The molecule has 0 saturated carbocycles. The number of aliphatic hydroxyl groups excluding tert-OH is 1. The van der Waals surface area contributed by atoms with Crippen LogP contribution >= 0.6 is 0 Å². The van der Waals surface area contributed by atoms with Crippen LogP contribution in [-0.2, 0) is 4.79 Å². The molecule has 0 aromatic rings. The first kappa shape index (κ1) is 6.51. The molecule has 0 aromatic carbocycles. The minimum absolute atomic E-state index is 0.178. The fraction of sp³-hybridized carbons (Fsp3) is 0.800. The number of rotatable bonds is 0. The number of hydrogen-bond donors (Lipinski definition) is 2. The molecule has 2 unspecified atom stereocenters. The van der Waals surface area contributed by atoms with Crippen LogP contribution in [0.25, 0.3) is 0 Å². The molecule has 0 aromatic heterocycles. The van der Waals surface area contributed by atoms with Crippen molar-refractivity contribution < 1.29 is 9.90 Å². The summed E-state index contributed by atoms with van der Waals surface area (Å²) in [5.41, 5.74) is 5.31. The SMILES string of the molecule is CN1C(=O)C(N)CC1O. The number of nitrogens with two attached hydrogens (primary N) is 1. The van der Waals surface area contributed by atoms with Gasteiger partial charge in [0.2, 0.25) is 5.91 Å². The van der Waals surface area contributed by atoms with E-state index in [-0.39, 0.29) is 5.91 Å². The Labute approximate surface area is 53.2 Å². The molecular weight excluding hydrogens is 120 g/mol. The first-order valence-electron chi connectivity index (χ1n) is 2.83. The molecule has 4 nitrogen and oxygen atoms in total. The molecule has 4 heteroatoms. The predicted octanol–water partition coefficient (Wildman–Crippen LogP) is -1.51. The quantitative estimate of drug-likeness (QED) is 0.419. The Kier molecular flexibility index (Phi) is 1.42. The van der Waals surface area contributed by atoms with Crippen LogP contribution in [0.1, 0.15) is 6.42 Å². The lowest BCUT2D eigenvalue weighted by Crippen LogP contribution is -2.33. The van der Waals surface area contributed by atoms with Crippen LogP contribution in [0.4, 0.5) is 0 Å². The normalized spacial score (nSPS) is 35.9. The second-order valence-corrected chi connectivity index (χ2v) is 2.27. The zero-order valence-electron chi connectivity index (χ0n) is 5.24. The monoisotopic (exact) mass is 130 g/mol. The summed E-state index contributed by atoms with van der Waals surface area (Å²) in [5, 5.41) is 8.96. The van der Waals surface area contributed by atoms with Gasteiger partial charge in [0.15, 0.2) is 0 Å². The van der Waals surface area contributed by atoms with Crippen molar-refractivity contribution in [2.45, 2.75) is 18.7 Å². The van der Waals surface area contributed by atoms with Gasteiger partial charge in [-0.1, -0.05) is 0 Å². The van der Waals surface area contributed by atoms with Crippen molar-refractivity contribution in [2.24, 2.45) is 5.73 Å². The van der Waals surface area contributed by atoms with E-state index in [1.54, 1.807) is 7.05 Å². The van der Waals surface area contributed by atoms with Gasteiger partial charge in [-0.2, -0.15) is 0 Å². The molecule has 1 amide bonds. The summed E-state index contributed by atoms with van der Waals surface area (Å²) in [7, 11) is 1.54. The molecule has 0 radical (unpaired) electrons. The maximum absolute atomic E-state index is 10.8. The number of nitrogens with zero attached hydrogens (tertiary/aromatic N) is 1. The van der Waals surface area contributed by atoms with Gasteiger partial charge in [-0.05, 0) is 0 Å². The van der Waals surface area contributed by atoms with Gasteiger partial charge in [-0.15, -0.1) is 0 Å². The van der Waals surface area contributed by atoms with Crippen molar-refractivity contribution >= 4 is 5.91 Å². The van der Waals surface area contributed by atoms with E-state index in [4.69, 9.17) is 10.8 Å². The fourth-order valence-electron chi connectivity index (χ4n) is 0.894. The van der Waals surface area contributed by atoms with E-state index in [0.717, 1.165) is 0 Å². The summed E-state index contributed by atoms with van der Waals surface area (Å²) in [5.74, 6) is -0.178. The van der Waals surface area contributed by atoms with E-state index in [2.05, 4.69) is 0 Å². The zero-order valence-corrected chi connectivity index (χ0v) is 5.24. The van der Waals surface area contributed by atoms with Crippen molar-refractivity contribution in [1.82, 2.24) is 4.90 Å². The molecule has 1 fully saturated rings. The Balaban J connectivity index is 2.65. The van der Waals surface area contributed by atoms with Crippen LogP contribution in [0.15, 0.2) is 0 Å². The van der Waals surface area contributed by atoms with Gasteiger partial charge in [0.25, 0.3) is 0 Å². The van der Waals surface area contributed by atoms with Gasteiger partial charge < -0.3 is 15.7 Å². The lowest BCUT2D eigenvalue weighted by molar-refractivity contribution is -0.131. The molecule has 3 N–H and O–H groups in total. The number of carbonyl (C=O) groups is 1. The number of likely N-dealkylation sites (N-methyl/N-ethyl adjacent to an activating group) is 1. The minimum Gasteiger partial charge on any atom is -0.373 e. The highest BCUT2D eigenvalue weighted by Crippen LogP contribution is 2.11. The van der Waals surface area contributed by atoms with Crippen LogP contribution < -0.4 is 5.73 Å². The Hall–Kier alpha value is -0.610. The minimum atomic E-state index is -0.674. The van der Waals surface area contributed by atoms with Crippen molar-refractivity contribution in [3.05, 3.63) is 0 Å². The summed E-state index contributed by atoms with van der Waals surface area (Å²) in [6.07, 6.45) is -0.317. The van der Waals surface area contributed by atoms with E-state index in [1.165, 1.54) is 4.90 Å². The maximum Gasteiger partial charge on any atom is 0.241 e. The first-order chi connectivity index (χ1) is 4.13. The molecule has 1 saturated heterocycles. The van der Waals surface area contributed by atoms with E-state index in [1.807, 2.05) is 0 Å². The van der Waals surface area contributed by atoms with Crippen molar-refractivity contribution in [2.75, 3.05) is 7.05 Å². The summed E-state index contributed by atoms with van der Waals surface area (Å²) in [6, 6.07) is -0.495. The van der Waals surface area contributed by atoms with E-state index >= 15 is 0 Å². The maximum atomic E-state index is 10.8. The molecular formula is C5H10N2O2. The molecule has 2 atom stereocenters. The van der Waals surface area contributed by atoms with Crippen molar-refractivity contribution in [3.8, 4) is 0 Å². The third kappa shape index (κ3) is 0.906. The lowest BCUT2D eigenvalue weighted by Gasteiger charge is -2.11. The molecule has 0 spiro atoms. The Bertz CT molecular complexity index is 137. The Morgan fingerprint density at radius 3 is 2.56 bits per heavy atom. The Morgan fingerprint density at radius 2 is 2.44 bits per heavy atom. The number of likely N-dealkylation sites (tertiary alicyclic amines) is 1. The fourth-order valence-corrected chi connectivity index (χ4v) is 0.894. The first-order valence-corrected chi connectivity index (χ1v) is 2.83.